The average molecular weight is 481 g/mol. The Morgan fingerprint density at radius 2 is 1.75 bits per heavy atom. The van der Waals surface area contributed by atoms with Gasteiger partial charge in [-0.15, -0.1) is 0 Å². The number of halogens is 2. The summed E-state index contributed by atoms with van der Waals surface area (Å²) in [6.45, 7) is 0.0876. The molecule has 2 heterocycles. The number of fused-ring (bicyclic) bond motifs is 1. The van der Waals surface area contributed by atoms with Gasteiger partial charge in [0.15, 0.2) is 0 Å². The normalized spacial score (nSPS) is 15.6. The second kappa shape index (κ2) is 7.27. The lowest BCUT2D eigenvalue weighted by Crippen LogP contribution is -2.52. The predicted molar refractivity (Wildman–Crippen MR) is 111 cm³/mol. The zero-order chi connectivity index (χ0) is 19.9. The molecule has 2 amide bonds. The molecule has 1 aliphatic heterocycles. The van der Waals surface area contributed by atoms with Crippen LogP contribution < -0.4 is 4.90 Å². The van der Waals surface area contributed by atoms with Crippen molar-refractivity contribution >= 4 is 49.6 Å². The van der Waals surface area contributed by atoms with Gasteiger partial charge >= 0.3 is 16.2 Å². The topological polar surface area (TPSA) is 62.6 Å². The van der Waals surface area contributed by atoms with E-state index in [4.69, 9.17) is 11.6 Å². The van der Waals surface area contributed by atoms with Gasteiger partial charge in [0.2, 0.25) is 0 Å². The highest BCUT2D eigenvalue weighted by Crippen LogP contribution is 2.31. The van der Waals surface area contributed by atoms with Gasteiger partial charge < -0.3 is 0 Å². The summed E-state index contributed by atoms with van der Waals surface area (Å²) in [6.07, 6.45) is 1.44. The molecule has 6 nitrogen and oxygen atoms in total. The van der Waals surface area contributed by atoms with Crippen LogP contribution in [-0.2, 0) is 23.3 Å². The maximum absolute atomic E-state index is 13.2. The average Bonchev–Trinajstić information content (AvgIpc) is 3.15. The Bertz CT molecular complexity index is 1160. The number of rotatable bonds is 4. The Morgan fingerprint density at radius 3 is 2.50 bits per heavy atom. The Morgan fingerprint density at radius 1 is 0.964 bits per heavy atom. The van der Waals surface area contributed by atoms with E-state index in [2.05, 4.69) is 15.9 Å². The zero-order valence-corrected chi connectivity index (χ0v) is 17.7. The molecule has 0 saturated heterocycles. The van der Waals surface area contributed by atoms with Gasteiger partial charge in [-0.2, -0.15) is 12.7 Å². The third kappa shape index (κ3) is 3.32. The fourth-order valence-corrected chi connectivity index (χ4v) is 5.18. The number of nitrogens with zero attached hydrogens (tertiary/aromatic N) is 3. The fourth-order valence-electron chi connectivity index (χ4n) is 3.09. The van der Waals surface area contributed by atoms with Crippen LogP contribution in [0.15, 0.2) is 71.3 Å². The van der Waals surface area contributed by atoms with Crippen molar-refractivity contribution in [2.75, 3.05) is 4.90 Å². The van der Waals surface area contributed by atoms with Gasteiger partial charge in [-0.25, -0.2) is 8.77 Å². The molecule has 0 bridgehead atoms. The summed E-state index contributed by atoms with van der Waals surface area (Å²) < 4.78 is 28.9. The molecular formula is C19H15BrClN3O3S. The van der Waals surface area contributed by atoms with Crippen LogP contribution in [-0.4, -0.2) is 22.7 Å². The Balaban J connectivity index is 1.76. The van der Waals surface area contributed by atoms with Crippen molar-refractivity contribution in [3.8, 4) is 0 Å². The van der Waals surface area contributed by atoms with E-state index in [0.29, 0.717) is 10.6 Å². The smallest absolute Gasteiger partial charge is 0.273 e. The Labute approximate surface area is 176 Å². The molecule has 28 heavy (non-hydrogen) atoms. The van der Waals surface area contributed by atoms with Crippen LogP contribution in [0, 0.1) is 0 Å². The molecular weight excluding hydrogens is 466 g/mol. The molecule has 9 heteroatoms. The maximum atomic E-state index is 13.2. The number of urea groups is 1. The van der Waals surface area contributed by atoms with Crippen LogP contribution in [0.2, 0.25) is 5.02 Å². The molecule has 144 valence electrons. The van der Waals surface area contributed by atoms with Crippen LogP contribution in [0.25, 0.3) is 0 Å². The van der Waals surface area contributed by atoms with Crippen molar-refractivity contribution < 1.29 is 13.2 Å². The maximum Gasteiger partial charge on any atom is 0.341 e. The van der Waals surface area contributed by atoms with E-state index in [9.17, 15) is 13.2 Å². The molecule has 3 aromatic rings. The third-order valence-electron chi connectivity index (χ3n) is 4.44. The van der Waals surface area contributed by atoms with Gasteiger partial charge in [-0.05, 0) is 41.5 Å². The number of carbonyl (C=O) groups excluding carboxylic acids is 1. The second-order valence-corrected chi connectivity index (χ2v) is 9.32. The van der Waals surface area contributed by atoms with E-state index in [0.717, 1.165) is 18.3 Å². The number of hydrogen-bond donors (Lipinski definition) is 0. The predicted octanol–water partition coefficient (Wildman–Crippen LogP) is 4.64. The van der Waals surface area contributed by atoms with E-state index in [1.54, 1.807) is 42.5 Å². The van der Waals surface area contributed by atoms with Crippen LogP contribution in [0.5, 0.6) is 0 Å². The number of hydrogen-bond acceptors (Lipinski definition) is 3. The van der Waals surface area contributed by atoms with Gasteiger partial charge in [0.25, 0.3) is 0 Å². The van der Waals surface area contributed by atoms with Crippen LogP contribution >= 0.6 is 27.5 Å². The summed E-state index contributed by atoms with van der Waals surface area (Å²) in [6, 6.07) is 16.9. The van der Waals surface area contributed by atoms with Gasteiger partial charge in [-0.1, -0.05) is 57.9 Å². The monoisotopic (exact) mass is 479 g/mol. The summed E-state index contributed by atoms with van der Waals surface area (Å²) in [7, 11) is -4.02. The highest BCUT2D eigenvalue weighted by Gasteiger charge is 2.41. The molecule has 4 rings (SSSR count). The minimum absolute atomic E-state index is 0.0722. The lowest BCUT2D eigenvalue weighted by molar-refractivity contribution is 0.225. The van der Waals surface area contributed by atoms with E-state index >= 15 is 0 Å². The molecule has 2 aromatic carbocycles. The van der Waals surface area contributed by atoms with Gasteiger partial charge in [0, 0.05) is 15.7 Å². The quantitative estimate of drug-likeness (QED) is 0.546. The van der Waals surface area contributed by atoms with Crippen LogP contribution in [0.3, 0.4) is 0 Å². The fraction of sp³-hybridized carbons (Fsp3) is 0.105. The SMILES string of the molecule is O=C1N(Cc2ccccc2Cl)c2cccn2S(=O)(=O)N1Cc1cccc(Br)c1. The first-order valence-electron chi connectivity index (χ1n) is 8.38. The third-order valence-corrected chi connectivity index (χ3v) is 6.95. The van der Waals surface area contributed by atoms with Crippen molar-refractivity contribution in [3.63, 3.8) is 0 Å². The summed E-state index contributed by atoms with van der Waals surface area (Å²) in [5, 5.41) is 0.514. The lowest BCUT2D eigenvalue weighted by Gasteiger charge is -2.36. The molecule has 0 unspecified atom stereocenters. The number of amides is 2. The van der Waals surface area contributed by atoms with Gasteiger partial charge in [-0.3, -0.25) is 4.90 Å². The van der Waals surface area contributed by atoms with Crippen molar-refractivity contribution in [1.82, 2.24) is 8.28 Å². The summed E-state index contributed by atoms with van der Waals surface area (Å²) in [5.41, 5.74) is 1.42. The molecule has 0 aliphatic carbocycles. The first kappa shape index (κ1) is 19.0. The van der Waals surface area contributed by atoms with Crippen LogP contribution in [0.4, 0.5) is 10.6 Å². The van der Waals surface area contributed by atoms with Gasteiger partial charge in [0.05, 0.1) is 13.1 Å². The van der Waals surface area contributed by atoms with Crippen molar-refractivity contribution in [2.45, 2.75) is 13.1 Å². The summed E-state index contributed by atoms with van der Waals surface area (Å²) in [4.78, 5) is 14.6. The molecule has 1 aromatic heterocycles. The molecule has 0 saturated carbocycles. The second-order valence-electron chi connectivity index (χ2n) is 6.27. The molecule has 0 atom stereocenters. The molecule has 1 aliphatic rings. The summed E-state index contributed by atoms with van der Waals surface area (Å²) >= 11 is 9.62. The van der Waals surface area contributed by atoms with E-state index in [1.807, 2.05) is 18.2 Å². The largest absolute Gasteiger partial charge is 0.341 e. The highest BCUT2D eigenvalue weighted by molar-refractivity contribution is 9.10. The van der Waals surface area contributed by atoms with Gasteiger partial charge in [0.1, 0.15) is 5.82 Å². The molecule has 0 fully saturated rings. The lowest BCUT2D eigenvalue weighted by atomic mass is 10.2. The molecule has 0 N–H and O–H groups in total. The van der Waals surface area contributed by atoms with E-state index < -0.39 is 16.2 Å². The number of aromatic nitrogens is 1. The van der Waals surface area contributed by atoms with Crippen molar-refractivity contribution in [3.05, 3.63) is 87.5 Å². The zero-order valence-electron chi connectivity index (χ0n) is 14.5. The number of carbonyl (C=O) groups is 1. The number of benzene rings is 2. The minimum Gasteiger partial charge on any atom is -0.273 e. The Hall–Kier alpha value is -2.29. The first-order valence-corrected chi connectivity index (χ1v) is 10.9. The molecule has 0 radical (unpaired) electrons. The molecule has 0 spiro atoms. The summed E-state index contributed by atoms with van der Waals surface area (Å²) in [5.74, 6) is 0.287. The van der Waals surface area contributed by atoms with Crippen LogP contribution in [0.1, 0.15) is 11.1 Å². The van der Waals surface area contributed by atoms with E-state index in [-0.39, 0.29) is 18.9 Å². The Kier molecular flexibility index (Phi) is 4.95. The highest BCUT2D eigenvalue weighted by atomic mass is 79.9. The number of anilines is 1. The van der Waals surface area contributed by atoms with Crippen molar-refractivity contribution in [1.29, 1.82) is 0 Å². The minimum atomic E-state index is -4.02. The standard InChI is InChI=1S/C19H15BrClN3O3S/c20-16-7-3-5-14(11-16)12-24-19(25)22(13-15-6-1-2-8-17(15)21)18-9-4-10-23(18)28(24,26)27/h1-11H,12-13H2. The van der Waals surface area contributed by atoms with E-state index in [1.165, 1.54) is 11.1 Å². The van der Waals surface area contributed by atoms with Crippen molar-refractivity contribution in [2.24, 2.45) is 0 Å². The first-order chi connectivity index (χ1) is 13.4.